The fourth-order valence-corrected chi connectivity index (χ4v) is 4.36. The Hall–Kier alpha value is -3.99. The molecule has 2 aromatic carbocycles. The number of aliphatic hydroxyl groups excluding tert-OH is 1. The van der Waals surface area contributed by atoms with E-state index in [1.807, 2.05) is 0 Å². The van der Waals surface area contributed by atoms with Crippen molar-refractivity contribution in [1.82, 2.24) is 15.1 Å². The molecule has 11 heteroatoms. The number of aliphatic hydroxyl groups is 1. The van der Waals surface area contributed by atoms with Crippen molar-refractivity contribution >= 4 is 17.8 Å². The van der Waals surface area contributed by atoms with E-state index in [1.54, 1.807) is 33.8 Å². The Kier molecular flexibility index (Phi) is 7.41. The molecular weight excluding hydrogens is 498 g/mol. The number of carbonyl (C=O) groups excluding carboxylic acids is 2. The maximum Gasteiger partial charge on any atom is 0.435 e. The molecule has 4 rings (SSSR count). The molecule has 0 radical (unpaired) electrons. The molecule has 1 atom stereocenters. The minimum absolute atomic E-state index is 0.249. The predicted octanol–water partition coefficient (Wildman–Crippen LogP) is 4.73. The first-order valence-corrected chi connectivity index (χ1v) is 12.1. The Morgan fingerprint density at radius 3 is 2.55 bits per heavy atom. The van der Waals surface area contributed by atoms with Gasteiger partial charge in [-0.15, -0.1) is 0 Å². The van der Waals surface area contributed by atoms with Crippen molar-refractivity contribution in [2.75, 3.05) is 25.2 Å². The summed E-state index contributed by atoms with van der Waals surface area (Å²) >= 11 is 0. The van der Waals surface area contributed by atoms with Gasteiger partial charge in [0.25, 0.3) is 0 Å². The molecule has 0 fully saturated rings. The third-order valence-electron chi connectivity index (χ3n) is 6.19. The number of benzene rings is 2. The van der Waals surface area contributed by atoms with Crippen molar-refractivity contribution in [3.63, 3.8) is 0 Å². The zero-order chi connectivity index (χ0) is 27.8. The Bertz CT molecular complexity index is 1380. The molecule has 9 nitrogen and oxygen atoms in total. The number of halogens is 2. The number of aromatic nitrogens is 2. The molecule has 0 spiro atoms. The zero-order valence-electron chi connectivity index (χ0n) is 21.8. The number of hydrogen-bond donors (Lipinski definition) is 2. The highest BCUT2D eigenvalue weighted by Gasteiger charge is 2.30. The van der Waals surface area contributed by atoms with Crippen LogP contribution in [-0.2, 0) is 11.2 Å². The van der Waals surface area contributed by atoms with Crippen LogP contribution in [0.25, 0.3) is 11.1 Å². The van der Waals surface area contributed by atoms with Gasteiger partial charge in [-0.25, -0.2) is 18.4 Å². The van der Waals surface area contributed by atoms with Crippen LogP contribution < -0.4 is 15.0 Å². The standard InChI is InChI=1S/C27H30F2N4O5/c1-15-21(13-30-33(15)26(36)38-27(2,3)4)20-10-16-6-7-32(24(16)12-22(20)29)25(35)31-23(14-34)17-8-18(28)11-19(9-17)37-5/h8-13,23,34H,6-7,14H2,1-5H3,(H,31,35). The maximum absolute atomic E-state index is 15.3. The van der Waals surface area contributed by atoms with Crippen LogP contribution in [0.2, 0.25) is 0 Å². The van der Waals surface area contributed by atoms with Crippen LogP contribution in [0.5, 0.6) is 5.75 Å². The average Bonchev–Trinajstić information content (AvgIpc) is 3.43. The molecule has 0 saturated carbocycles. The van der Waals surface area contributed by atoms with Crippen LogP contribution in [0.15, 0.2) is 36.5 Å². The molecule has 2 heterocycles. The molecule has 202 valence electrons. The van der Waals surface area contributed by atoms with Crippen LogP contribution >= 0.6 is 0 Å². The Balaban J connectivity index is 1.57. The van der Waals surface area contributed by atoms with Gasteiger partial charge in [-0.05, 0) is 69.5 Å². The van der Waals surface area contributed by atoms with E-state index in [0.717, 1.165) is 10.2 Å². The molecule has 0 aliphatic carbocycles. The first-order chi connectivity index (χ1) is 17.9. The lowest BCUT2D eigenvalue weighted by Crippen LogP contribution is -2.42. The molecule has 3 aromatic rings. The van der Waals surface area contributed by atoms with Crippen molar-refractivity contribution in [2.24, 2.45) is 0 Å². The highest BCUT2D eigenvalue weighted by Crippen LogP contribution is 2.36. The summed E-state index contributed by atoms with van der Waals surface area (Å²) in [7, 11) is 1.39. The van der Waals surface area contributed by atoms with E-state index in [9.17, 15) is 19.1 Å². The summed E-state index contributed by atoms with van der Waals surface area (Å²) in [6.07, 6.45) is 1.20. The summed E-state index contributed by atoms with van der Waals surface area (Å²) in [5.74, 6) is -0.915. The van der Waals surface area contributed by atoms with E-state index in [1.165, 1.54) is 42.5 Å². The third kappa shape index (κ3) is 5.47. The SMILES string of the molecule is COc1cc(F)cc(C(CO)NC(=O)N2CCc3cc(-c4cnn(C(=O)OC(C)(C)C)c4C)c(F)cc32)c1. The van der Waals surface area contributed by atoms with Crippen molar-refractivity contribution < 1.29 is 33.0 Å². The first kappa shape index (κ1) is 27.1. The number of carbonyl (C=O) groups is 2. The normalized spacial score (nSPS) is 13.7. The van der Waals surface area contributed by atoms with E-state index in [-0.39, 0.29) is 17.9 Å². The molecule has 1 unspecified atom stereocenters. The van der Waals surface area contributed by atoms with E-state index in [4.69, 9.17) is 9.47 Å². The van der Waals surface area contributed by atoms with Gasteiger partial charge in [0.15, 0.2) is 0 Å². The van der Waals surface area contributed by atoms with Crippen LogP contribution in [0.3, 0.4) is 0 Å². The third-order valence-corrected chi connectivity index (χ3v) is 6.19. The van der Waals surface area contributed by atoms with Crippen LogP contribution in [-0.4, -0.2) is 52.9 Å². The fourth-order valence-electron chi connectivity index (χ4n) is 4.36. The lowest BCUT2D eigenvalue weighted by Gasteiger charge is -2.23. The number of urea groups is 1. The van der Waals surface area contributed by atoms with Gasteiger partial charge in [-0.3, -0.25) is 4.90 Å². The van der Waals surface area contributed by atoms with E-state index < -0.39 is 42.0 Å². The second-order valence-electron chi connectivity index (χ2n) is 10.0. The van der Waals surface area contributed by atoms with Crippen LogP contribution in [0, 0.1) is 18.6 Å². The lowest BCUT2D eigenvalue weighted by atomic mass is 10.0. The molecule has 0 saturated heterocycles. The highest BCUT2D eigenvalue weighted by molar-refractivity contribution is 5.95. The van der Waals surface area contributed by atoms with Gasteiger partial charge >= 0.3 is 12.1 Å². The number of hydrogen-bond acceptors (Lipinski definition) is 6. The number of methoxy groups -OCH3 is 1. The number of amides is 2. The molecule has 2 amide bonds. The summed E-state index contributed by atoms with van der Waals surface area (Å²) in [6.45, 7) is 6.67. The van der Waals surface area contributed by atoms with Gasteiger partial charge in [0, 0.05) is 23.7 Å². The maximum atomic E-state index is 15.3. The Labute approximate surface area is 219 Å². The second kappa shape index (κ2) is 10.4. The highest BCUT2D eigenvalue weighted by atomic mass is 19.1. The molecular formula is C27H30F2N4O5. The fraction of sp³-hybridized carbons (Fsp3) is 0.370. The summed E-state index contributed by atoms with van der Waals surface area (Å²) in [6, 6.07) is 5.36. The van der Waals surface area contributed by atoms with Gasteiger partial charge in [-0.1, -0.05) is 0 Å². The molecule has 1 aromatic heterocycles. The summed E-state index contributed by atoms with van der Waals surface area (Å²) in [5.41, 5.74) is 1.83. The quantitative estimate of drug-likeness (QED) is 0.496. The number of rotatable bonds is 5. The predicted molar refractivity (Wildman–Crippen MR) is 136 cm³/mol. The van der Waals surface area contributed by atoms with E-state index in [2.05, 4.69) is 10.4 Å². The van der Waals surface area contributed by atoms with Crippen molar-refractivity contribution in [2.45, 2.75) is 45.8 Å². The minimum atomic E-state index is -0.901. The van der Waals surface area contributed by atoms with E-state index >= 15 is 4.39 Å². The topological polar surface area (TPSA) is 106 Å². The van der Waals surface area contributed by atoms with Crippen molar-refractivity contribution in [3.05, 3.63) is 65.0 Å². The lowest BCUT2D eigenvalue weighted by molar-refractivity contribution is 0.0511. The monoisotopic (exact) mass is 528 g/mol. The summed E-state index contributed by atoms with van der Waals surface area (Å²) in [5, 5.41) is 16.6. The van der Waals surface area contributed by atoms with Gasteiger partial charge in [0.05, 0.1) is 37.3 Å². The van der Waals surface area contributed by atoms with Gasteiger partial charge in [-0.2, -0.15) is 9.78 Å². The molecule has 1 aliphatic rings. The second-order valence-corrected chi connectivity index (χ2v) is 10.0. The molecule has 1 aliphatic heterocycles. The van der Waals surface area contributed by atoms with Crippen LogP contribution in [0.4, 0.5) is 24.1 Å². The van der Waals surface area contributed by atoms with Crippen molar-refractivity contribution in [3.8, 4) is 16.9 Å². The largest absolute Gasteiger partial charge is 0.497 e. The van der Waals surface area contributed by atoms with Gasteiger partial charge in [0.2, 0.25) is 0 Å². The number of ether oxygens (including phenoxy) is 2. The smallest absolute Gasteiger partial charge is 0.435 e. The zero-order valence-corrected chi connectivity index (χ0v) is 21.8. The van der Waals surface area contributed by atoms with Gasteiger partial charge < -0.3 is 19.9 Å². The minimum Gasteiger partial charge on any atom is -0.497 e. The van der Waals surface area contributed by atoms with Gasteiger partial charge in [0.1, 0.15) is 23.0 Å². The first-order valence-electron chi connectivity index (χ1n) is 12.1. The number of nitrogens with one attached hydrogen (secondary N) is 1. The summed E-state index contributed by atoms with van der Waals surface area (Å²) in [4.78, 5) is 26.9. The summed E-state index contributed by atoms with van der Waals surface area (Å²) < 4.78 is 40.8. The Morgan fingerprint density at radius 1 is 1.16 bits per heavy atom. The van der Waals surface area contributed by atoms with E-state index in [0.29, 0.717) is 28.9 Å². The number of nitrogens with zero attached hydrogens (tertiary/aromatic N) is 3. The number of fused-ring (bicyclic) bond motifs is 1. The number of anilines is 1. The van der Waals surface area contributed by atoms with Crippen LogP contribution in [0.1, 0.15) is 43.6 Å². The molecule has 38 heavy (non-hydrogen) atoms. The van der Waals surface area contributed by atoms with Crippen molar-refractivity contribution in [1.29, 1.82) is 0 Å². The molecule has 2 N–H and O–H groups in total. The average molecular weight is 529 g/mol. The molecule has 0 bridgehead atoms. The Morgan fingerprint density at radius 2 is 1.89 bits per heavy atom.